The lowest BCUT2D eigenvalue weighted by Crippen LogP contribution is -2.62. The molecule has 2 heterocycles. The van der Waals surface area contributed by atoms with Gasteiger partial charge < -0.3 is 35.0 Å². The average molecular weight is 907 g/mol. The number of methoxy groups -OCH3 is 2. The fourth-order valence-corrected chi connectivity index (χ4v) is 9.20. The summed E-state index contributed by atoms with van der Waals surface area (Å²) >= 11 is 0. The number of carbonyl (C=O) groups is 8. The van der Waals surface area contributed by atoms with Crippen LogP contribution in [0, 0.1) is 17.8 Å². The van der Waals surface area contributed by atoms with E-state index in [4.69, 9.17) is 9.47 Å². The number of benzene rings is 1. The van der Waals surface area contributed by atoms with Crippen molar-refractivity contribution in [2.24, 2.45) is 22.7 Å². The van der Waals surface area contributed by atoms with E-state index in [1.165, 1.54) is 26.4 Å². The minimum atomic E-state index is -1.37. The second kappa shape index (κ2) is 23.2. The normalized spacial score (nSPS) is 20.1. The molecule has 0 saturated carbocycles. The van der Waals surface area contributed by atoms with E-state index < -0.39 is 71.4 Å². The number of nitrogens with one attached hydrogen (secondary N) is 2. The molecule has 0 unspecified atom stereocenters. The Hall–Kier alpha value is -5.29. The number of rotatable bonds is 24. The third-order valence-electron chi connectivity index (χ3n) is 13.3. The van der Waals surface area contributed by atoms with Crippen LogP contribution in [0.1, 0.15) is 117 Å². The first-order chi connectivity index (χ1) is 30.7. The standard InChI is InChI=1S/C48H70N6O11/c1-11-29(4)42(52(8)45(60)40(28(2)3)50-47(63)48(6,7)51-36(55)21-13-12-16-24-54-37(56)22-23-38(54)57)35(64-9)27-39(58)53-25-17-20-34(53)43(65-10)30(5)44(59)49-41(46(61)62)33-26-31-18-14-15-19-32(31)33/h14-15,18-19,22-23,28-30,33-35,40,42-43H,11-13,16-17,20-21,24-27H2,1-10H3,(H,50,63)(H,51,55)(H,61,62)/b49-41-/t29-,30+,33-,34-,35+,40-,42-,43+/m0/s1. The number of fused-ring (bicyclic) bond motifs is 1. The third-order valence-corrected chi connectivity index (χ3v) is 13.3. The van der Waals surface area contributed by atoms with Crippen LogP contribution in [0.3, 0.4) is 0 Å². The predicted octanol–water partition coefficient (Wildman–Crippen LogP) is 3.82. The summed E-state index contributed by atoms with van der Waals surface area (Å²) in [4.78, 5) is 113. The van der Waals surface area contributed by atoms with E-state index in [1.807, 2.05) is 52.0 Å². The molecule has 0 radical (unpaired) electrons. The highest BCUT2D eigenvalue weighted by Gasteiger charge is 2.44. The van der Waals surface area contributed by atoms with Crippen molar-refractivity contribution in [3.63, 3.8) is 0 Å². The molecule has 1 saturated heterocycles. The van der Waals surface area contributed by atoms with Crippen molar-refractivity contribution in [1.82, 2.24) is 25.3 Å². The van der Waals surface area contributed by atoms with Crippen molar-refractivity contribution in [3.8, 4) is 0 Å². The number of hydrogen-bond acceptors (Lipinski definition) is 10. The summed E-state index contributed by atoms with van der Waals surface area (Å²) in [6, 6.07) is 5.39. The highest BCUT2D eigenvalue weighted by atomic mass is 16.5. The lowest BCUT2D eigenvalue weighted by atomic mass is 9.75. The number of unbranched alkanes of at least 4 members (excludes halogenated alkanes) is 2. The Kier molecular flexibility index (Phi) is 18.7. The van der Waals surface area contributed by atoms with Crippen LogP contribution in [0.25, 0.3) is 0 Å². The van der Waals surface area contributed by atoms with Crippen molar-refractivity contribution >= 4 is 53.0 Å². The summed E-state index contributed by atoms with van der Waals surface area (Å²) in [6.07, 6.45) is 4.90. The number of ether oxygens (including phenoxy) is 2. The van der Waals surface area contributed by atoms with E-state index in [-0.39, 0.29) is 60.6 Å². The highest BCUT2D eigenvalue weighted by Crippen LogP contribution is 2.37. The van der Waals surface area contributed by atoms with Gasteiger partial charge in [-0.25, -0.2) is 9.79 Å². The van der Waals surface area contributed by atoms with Gasteiger partial charge >= 0.3 is 5.97 Å². The monoisotopic (exact) mass is 907 g/mol. The van der Waals surface area contributed by atoms with Gasteiger partial charge in [0.25, 0.3) is 17.7 Å². The molecule has 0 aromatic heterocycles. The number of hydrogen-bond donors (Lipinski definition) is 3. The van der Waals surface area contributed by atoms with Gasteiger partial charge in [0.2, 0.25) is 23.6 Å². The van der Waals surface area contributed by atoms with Crippen LogP contribution in [0.4, 0.5) is 0 Å². The van der Waals surface area contributed by atoms with E-state index in [0.29, 0.717) is 51.5 Å². The van der Waals surface area contributed by atoms with Crippen LogP contribution >= 0.6 is 0 Å². The number of nitrogens with zero attached hydrogens (tertiary/aromatic N) is 4. The first kappa shape index (κ1) is 52.3. The zero-order valence-corrected chi connectivity index (χ0v) is 39.8. The zero-order chi connectivity index (χ0) is 48.3. The van der Waals surface area contributed by atoms with Crippen molar-refractivity contribution in [1.29, 1.82) is 0 Å². The molecule has 1 aromatic carbocycles. The van der Waals surface area contributed by atoms with Crippen LogP contribution < -0.4 is 10.6 Å². The topological polar surface area (TPSA) is 221 Å². The fraction of sp³-hybridized carbons (Fsp3) is 0.646. The lowest BCUT2D eigenvalue weighted by molar-refractivity contribution is -0.148. The summed E-state index contributed by atoms with van der Waals surface area (Å²) in [6.45, 7) is 13.0. The van der Waals surface area contributed by atoms with Gasteiger partial charge in [0, 0.05) is 58.8 Å². The fourth-order valence-electron chi connectivity index (χ4n) is 9.20. The van der Waals surface area contributed by atoms with E-state index in [1.54, 1.807) is 37.6 Å². The minimum absolute atomic E-state index is 0.0930. The number of carboxylic acid groups (broad SMARTS) is 1. The number of aliphatic carboxylic acids is 1. The number of imide groups is 1. The molecule has 0 spiro atoms. The first-order valence-electron chi connectivity index (χ1n) is 22.9. The summed E-state index contributed by atoms with van der Waals surface area (Å²) < 4.78 is 11.9. The molecule has 0 bridgehead atoms. The molecule has 4 rings (SSSR count). The molecule has 358 valence electrons. The van der Waals surface area contributed by atoms with Crippen molar-refractivity contribution in [2.75, 3.05) is 34.4 Å². The zero-order valence-electron chi connectivity index (χ0n) is 39.8. The van der Waals surface area contributed by atoms with Crippen LogP contribution in [0.15, 0.2) is 41.4 Å². The Morgan fingerprint density at radius 3 is 2.22 bits per heavy atom. The maximum atomic E-state index is 14.4. The van der Waals surface area contributed by atoms with Crippen LogP contribution in [0.2, 0.25) is 0 Å². The first-order valence-corrected chi connectivity index (χ1v) is 22.9. The van der Waals surface area contributed by atoms with E-state index in [2.05, 4.69) is 15.6 Å². The largest absolute Gasteiger partial charge is 0.477 e. The van der Waals surface area contributed by atoms with Gasteiger partial charge in [0.1, 0.15) is 17.3 Å². The molecule has 3 N–H and O–H groups in total. The molecule has 17 nitrogen and oxygen atoms in total. The maximum absolute atomic E-state index is 14.4. The Morgan fingerprint density at radius 1 is 0.969 bits per heavy atom. The number of amides is 7. The molecule has 8 atom stereocenters. The Balaban J connectivity index is 1.40. The minimum Gasteiger partial charge on any atom is -0.477 e. The summed E-state index contributed by atoms with van der Waals surface area (Å²) in [5.74, 6) is -6.01. The number of carboxylic acids is 1. The number of likely N-dealkylation sites (tertiary alicyclic amines) is 1. The molecule has 2 aliphatic heterocycles. The molecule has 65 heavy (non-hydrogen) atoms. The van der Waals surface area contributed by atoms with Crippen LogP contribution in [-0.4, -0.2) is 143 Å². The number of likely N-dealkylation sites (N-methyl/N-ethyl adjacent to an activating group) is 1. The van der Waals surface area contributed by atoms with Gasteiger partial charge in [0.15, 0.2) is 0 Å². The molecule has 17 heteroatoms. The van der Waals surface area contributed by atoms with E-state index >= 15 is 0 Å². The van der Waals surface area contributed by atoms with E-state index in [0.717, 1.165) is 16.0 Å². The van der Waals surface area contributed by atoms with Gasteiger partial charge in [-0.1, -0.05) is 71.7 Å². The summed E-state index contributed by atoms with van der Waals surface area (Å²) in [5.41, 5.74) is 0.268. The number of carbonyl (C=O) groups excluding carboxylic acids is 7. The predicted molar refractivity (Wildman–Crippen MR) is 242 cm³/mol. The Labute approximate surface area is 383 Å². The van der Waals surface area contributed by atoms with Gasteiger partial charge in [-0.2, -0.15) is 0 Å². The molecule has 3 aliphatic rings. The lowest BCUT2D eigenvalue weighted by Gasteiger charge is -2.41. The molecular formula is C48H70N6O11. The van der Waals surface area contributed by atoms with Crippen molar-refractivity contribution in [3.05, 3.63) is 47.5 Å². The second-order valence-electron chi connectivity index (χ2n) is 18.5. The smallest absolute Gasteiger partial charge is 0.351 e. The average Bonchev–Trinajstić information content (AvgIpc) is 3.87. The third kappa shape index (κ3) is 12.7. The van der Waals surface area contributed by atoms with Gasteiger partial charge in [-0.15, -0.1) is 0 Å². The van der Waals surface area contributed by atoms with Gasteiger partial charge in [0.05, 0.1) is 36.6 Å². The molecule has 1 fully saturated rings. The summed E-state index contributed by atoms with van der Waals surface area (Å²) in [7, 11) is 4.59. The van der Waals surface area contributed by atoms with Crippen LogP contribution in [0.5, 0.6) is 0 Å². The van der Waals surface area contributed by atoms with E-state index in [9.17, 15) is 43.5 Å². The Bertz CT molecular complexity index is 1980. The maximum Gasteiger partial charge on any atom is 0.351 e. The van der Waals surface area contributed by atoms with Gasteiger partial charge in [-0.05, 0) is 68.9 Å². The van der Waals surface area contributed by atoms with Crippen molar-refractivity contribution < 1.29 is 52.9 Å². The van der Waals surface area contributed by atoms with Gasteiger partial charge in [-0.3, -0.25) is 38.5 Å². The molecule has 7 amide bonds. The quantitative estimate of drug-likeness (QED) is 0.0769. The second-order valence-corrected chi connectivity index (χ2v) is 18.5. The Morgan fingerprint density at radius 2 is 1.63 bits per heavy atom. The highest BCUT2D eigenvalue weighted by molar-refractivity contribution is 6.40. The molecular weight excluding hydrogens is 837 g/mol. The summed E-state index contributed by atoms with van der Waals surface area (Å²) in [5, 5.41) is 15.7. The SMILES string of the molecule is CC[C@H](C)[C@@H]([C@@H](CC(=O)N1CCC[C@H]1[C@H](OC)[C@@H](C)C(=O)/N=C(\C(=O)O)[C@H]1Cc2ccccc21)OC)N(C)C(=O)[C@@H](NC(=O)C(C)(C)NC(=O)CCCCCN1C(=O)C=CC1=O)C(C)C. The molecule has 1 aliphatic carbocycles. The van der Waals surface area contributed by atoms with Crippen molar-refractivity contribution in [2.45, 2.75) is 148 Å². The van der Waals surface area contributed by atoms with Crippen LogP contribution in [-0.2, 0) is 54.3 Å². The molecule has 1 aromatic rings. The number of aliphatic imine (C=N–C) groups is 1.